The molecule has 1 aliphatic rings. The van der Waals surface area contributed by atoms with E-state index >= 15 is 0 Å². The summed E-state index contributed by atoms with van der Waals surface area (Å²) in [5.41, 5.74) is 5.13. The van der Waals surface area contributed by atoms with E-state index in [0.29, 0.717) is 6.54 Å². The van der Waals surface area contributed by atoms with Crippen molar-refractivity contribution in [3.8, 4) is 0 Å². The lowest BCUT2D eigenvalue weighted by molar-refractivity contribution is 0.0786. The summed E-state index contributed by atoms with van der Waals surface area (Å²) in [5.74, 6) is 0.0830. The van der Waals surface area contributed by atoms with Crippen LogP contribution in [0.2, 0.25) is 0 Å². The van der Waals surface area contributed by atoms with Gasteiger partial charge in [0.15, 0.2) is 0 Å². The molecule has 0 aliphatic heterocycles. The van der Waals surface area contributed by atoms with Crippen molar-refractivity contribution in [2.24, 2.45) is 0 Å². The molecule has 2 aromatic carbocycles. The first-order valence-electron chi connectivity index (χ1n) is 8.54. The number of pyridine rings is 1. The number of para-hydroxylation sites is 1. The fourth-order valence-corrected chi connectivity index (χ4v) is 3.85. The van der Waals surface area contributed by atoms with Crippen molar-refractivity contribution in [3.05, 3.63) is 75.4 Å². The van der Waals surface area contributed by atoms with Crippen LogP contribution in [0.1, 0.15) is 33.6 Å². The van der Waals surface area contributed by atoms with Gasteiger partial charge in [-0.3, -0.25) is 9.78 Å². The number of hydrogen-bond donors (Lipinski definition) is 0. The molecule has 25 heavy (non-hydrogen) atoms. The predicted molar refractivity (Wildman–Crippen MR) is 104 cm³/mol. The van der Waals surface area contributed by atoms with E-state index in [9.17, 15) is 4.79 Å². The van der Waals surface area contributed by atoms with Crippen LogP contribution in [-0.2, 0) is 19.4 Å². The van der Waals surface area contributed by atoms with Gasteiger partial charge in [0.1, 0.15) is 0 Å². The van der Waals surface area contributed by atoms with Gasteiger partial charge in [0.2, 0.25) is 0 Å². The van der Waals surface area contributed by atoms with Gasteiger partial charge < -0.3 is 4.90 Å². The summed E-state index contributed by atoms with van der Waals surface area (Å²) in [5, 5.41) is 0.968. The number of halogens is 1. The molecule has 0 atom stereocenters. The van der Waals surface area contributed by atoms with Gasteiger partial charge in [-0.05, 0) is 48.6 Å². The number of amides is 1. The normalized spacial score (nSPS) is 13.0. The maximum atomic E-state index is 13.3. The third kappa shape index (κ3) is 3.07. The fraction of sp³-hybridized carbons (Fsp3) is 0.238. The van der Waals surface area contributed by atoms with E-state index in [-0.39, 0.29) is 5.91 Å². The Bertz CT molecular complexity index is 950. The first-order chi connectivity index (χ1) is 12.1. The van der Waals surface area contributed by atoms with Crippen molar-refractivity contribution >= 4 is 32.7 Å². The number of aromatic nitrogens is 1. The average molecular weight is 395 g/mol. The molecule has 3 aromatic rings. The summed E-state index contributed by atoms with van der Waals surface area (Å²) in [7, 11) is 1.88. The highest BCUT2D eigenvalue weighted by Gasteiger charge is 2.25. The van der Waals surface area contributed by atoms with Crippen LogP contribution in [0.15, 0.2) is 53.0 Å². The maximum absolute atomic E-state index is 13.3. The van der Waals surface area contributed by atoms with Crippen molar-refractivity contribution in [2.45, 2.75) is 25.8 Å². The molecule has 0 saturated heterocycles. The van der Waals surface area contributed by atoms with Crippen LogP contribution in [0.4, 0.5) is 0 Å². The molecule has 0 radical (unpaired) electrons. The molecule has 1 aliphatic carbocycles. The SMILES string of the molecule is CN(Cc1ccc(Br)cc1)C(=O)c1c2c(nc3ccccc13)CCC2. The second-order valence-corrected chi connectivity index (χ2v) is 7.49. The Morgan fingerprint density at radius 2 is 1.88 bits per heavy atom. The quantitative estimate of drug-likeness (QED) is 0.641. The Balaban J connectivity index is 1.73. The molecular weight excluding hydrogens is 376 g/mol. The fourth-order valence-electron chi connectivity index (χ4n) is 3.58. The van der Waals surface area contributed by atoms with E-state index in [1.807, 2.05) is 60.5 Å². The molecule has 4 heteroatoms. The smallest absolute Gasteiger partial charge is 0.254 e. The Morgan fingerprint density at radius 3 is 2.68 bits per heavy atom. The monoisotopic (exact) mass is 394 g/mol. The zero-order valence-electron chi connectivity index (χ0n) is 14.1. The summed E-state index contributed by atoms with van der Waals surface area (Å²) in [6.45, 7) is 0.595. The average Bonchev–Trinajstić information content (AvgIpc) is 3.09. The minimum Gasteiger partial charge on any atom is -0.337 e. The molecule has 0 N–H and O–H groups in total. The Labute approximate surface area is 155 Å². The zero-order chi connectivity index (χ0) is 17.4. The van der Waals surface area contributed by atoms with Crippen LogP contribution in [-0.4, -0.2) is 22.8 Å². The van der Waals surface area contributed by atoms with Crippen LogP contribution in [0.3, 0.4) is 0 Å². The van der Waals surface area contributed by atoms with Crippen LogP contribution in [0.25, 0.3) is 10.9 Å². The molecule has 1 aromatic heterocycles. The van der Waals surface area contributed by atoms with E-state index in [1.165, 1.54) is 0 Å². The summed E-state index contributed by atoms with van der Waals surface area (Å²) in [6.07, 6.45) is 2.99. The zero-order valence-corrected chi connectivity index (χ0v) is 15.7. The van der Waals surface area contributed by atoms with Crippen molar-refractivity contribution in [1.29, 1.82) is 0 Å². The summed E-state index contributed by atoms with van der Waals surface area (Å²) in [6, 6.07) is 16.1. The van der Waals surface area contributed by atoms with E-state index in [2.05, 4.69) is 15.9 Å². The highest BCUT2D eigenvalue weighted by molar-refractivity contribution is 9.10. The summed E-state index contributed by atoms with van der Waals surface area (Å²) < 4.78 is 1.04. The Kier molecular flexibility index (Phi) is 4.30. The van der Waals surface area contributed by atoms with E-state index in [0.717, 1.165) is 57.0 Å². The number of benzene rings is 2. The van der Waals surface area contributed by atoms with Gasteiger partial charge in [-0.15, -0.1) is 0 Å². The highest BCUT2D eigenvalue weighted by Crippen LogP contribution is 2.31. The predicted octanol–water partition coefficient (Wildman–Crippen LogP) is 4.76. The number of carbonyl (C=O) groups is 1. The minimum absolute atomic E-state index is 0.0830. The Morgan fingerprint density at radius 1 is 1.12 bits per heavy atom. The van der Waals surface area contributed by atoms with Crippen LogP contribution < -0.4 is 0 Å². The van der Waals surface area contributed by atoms with Gasteiger partial charge >= 0.3 is 0 Å². The largest absolute Gasteiger partial charge is 0.337 e. The standard InChI is InChI=1S/C21H19BrN2O/c1-24(13-14-9-11-15(22)12-10-14)21(25)20-16-5-2-3-7-18(16)23-19-8-4-6-17(19)20/h2-3,5,7,9-12H,4,6,8,13H2,1H3. The van der Waals surface area contributed by atoms with Crippen LogP contribution >= 0.6 is 15.9 Å². The molecule has 1 amide bonds. The number of hydrogen-bond acceptors (Lipinski definition) is 2. The van der Waals surface area contributed by atoms with Crippen LogP contribution in [0.5, 0.6) is 0 Å². The molecule has 1 heterocycles. The van der Waals surface area contributed by atoms with Crippen molar-refractivity contribution in [2.75, 3.05) is 7.05 Å². The first kappa shape index (κ1) is 16.3. The first-order valence-corrected chi connectivity index (χ1v) is 9.33. The molecule has 0 bridgehead atoms. The maximum Gasteiger partial charge on any atom is 0.254 e. The second-order valence-electron chi connectivity index (χ2n) is 6.57. The van der Waals surface area contributed by atoms with Crippen molar-refractivity contribution in [1.82, 2.24) is 9.88 Å². The molecule has 126 valence electrons. The molecule has 0 spiro atoms. The lowest BCUT2D eigenvalue weighted by Gasteiger charge is -2.20. The van der Waals surface area contributed by atoms with Crippen molar-refractivity contribution in [3.63, 3.8) is 0 Å². The number of carbonyl (C=O) groups excluding carboxylic acids is 1. The molecule has 4 rings (SSSR count). The number of aryl methyl sites for hydroxylation is 1. The molecule has 3 nitrogen and oxygen atoms in total. The molecular formula is C21H19BrN2O. The number of rotatable bonds is 3. The third-order valence-corrected chi connectivity index (χ3v) is 5.34. The molecule has 0 saturated carbocycles. The van der Waals surface area contributed by atoms with Gasteiger partial charge in [-0.2, -0.15) is 0 Å². The second kappa shape index (κ2) is 6.60. The lowest BCUT2D eigenvalue weighted by Crippen LogP contribution is -2.27. The summed E-state index contributed by atoms with van der Waals surface area (Å²) in [4.78, 5) is 19.9. The topological polar surface area (TPSA) is 33.2 Å². The third-order valence-electron chi connectivity index (χ3n) is 4.81. The van der Waals surface area contributed by atoms with E-state index in [1.54, 1.807) is 0 Å². The van der Waals surface area contributed by atoms with E-state index < -0.39 is 0 Å². The van der Waals surface area contributed by atoms with Gasteiger partial charge in [0.25, 0.3) is 5.91 Å². The van der Waals surface area contributed by atoms with Gasteiger partial charge in [0.05, 0.1) is 11.1 Å². The Hall–Kier alpha value is -2.20. The minimum atomic E-state index is 0.0830. The van der Waals surface area contributed by atoms with Gasteiger partial charge in [-0.25, -0.2) is 0 Å². The highest BCUT2D eigenvalue weighted by atomic mass is 79.9. The van der Waals surface area contributed by atoms with Gasteiger partial charge in [-0.1, -0.05) is 46.3 Å². The van der Waals surface area contributed by atoms with E-state index in [4.69, 9.17) is 4.98 Å². The summed E-state index contributed by atoms with van der Waals surface area (Å²) >= 11 is 3.45. The lowest BCUT2D eigenvalue weighted by atomic mass is 10.00. The van der Waals surface area contributed by atoms with Gasteiger partial charge in [0, 0.05) is 29.1 Å². The van der Waals surface area contributed by atoms with Crippen LogP contribution in [0, 0.1) is 0 Å². The number of nitrogens with zero attached hydrogens (tertiary/aromatic N) is 2. The molecule has 0 fully saturated rings. The van der Waals surface area contributed by atoms with Crippen molar-refractivity contribution < 1.29 is 4.79 Å². The molecule has 0 unspecified atom stereocenters. The number of fused-ring (bicyclic) bond motifs is 2.